The average molecular weight is 283 g/mol. The van der Waals surface area contributed by atoms with Crippen LogP contribution in [0.3, 0.4) is 0 Å². The van der Waals surface area contributed by atoms with E-state index in [1.807, 2.05) is 0 Å². The Bertz CT molecular complexity index is 337. The van der Waals surface area contributed by atoms with Crippen molar-refractivity contribution in [2.24, 2.45) is 17.1 Å². The Morgan fingerprint density at radius 1 is 1.45 bits per heavy atom. The van der Waals surface area contributed by atoms with E-state index in [1.54, 1.807) is 0 Å². The van der Waals surface area contributed by atoms with E-state index in [2.05, 4.69) is 31.4 Å². The summed E-state index contributed by atoms with van der Waals surface area (Å²) < 4.78 is 0. The molecule has 1 fully saturated rings. The fourth-order valence-electron chi connectivity index (χ4n) is 2.69. The first kappa shape index (κ1) is 17.0. The van der Waals surface area contributed by atoms with Crippen molar-refractivity contribution < 1.29 is 9.59 Å². The number of hydrogen-bond donors (Lipinski definition) is 3. The van der Waals surface area contributed by atoms with E-state index in [0.717, 1.165) is 25.7 Å². The Kier molecular flexibility index (Phi) is 6.46. The average Bonchev–Trinajstić information content (AvgIpc) is 2.36. The van der Waals surface area contributed by atoms with Crippen LogP contribution in [0.15, 0.2) is 0 Å². The fourth-order valence-corrected chi connectivity index (χ4v) is 2.69. The molecule has 4 N–H and O–H groups in total. The lowest BCUT2D eigenvalue weighted by molar-refractivity contribution is -0.130. The minimum absolute atomic E-state index is 0.0293. The molecule has 0 bridgehead atoms. The lowest BCUT2D eigenvalue weighted by atomic mass is 9.76. The van der Waals surface area contributed by atoms with Crippen molar-refractivity contribution in [1.82, 2.24) is 10.6 Å². The third kappa shape index (κ3) is 5.49. The van der Waals surface area contributed by atoms with Gasteiger partial charge >= 0.3 is 0 Å². The predicted octanol–water partition coefficient (Wildman–Crippen LogP) is 1.17. The molecule has 1 aliphatic rings. The van der Waals surface area contributed by atoms with Gasteiger partial charge in [0.05, 0.1) is 0 Å². The maximum atomic E-state index is 12.0. The lowest BCUT2D eigenvalue weighted by Gasteiger charge is -2.30. The standard InChI is InChI=1S/C15H29N3O2/c1-15(2,3)11(8-9-16)6-7-13(19)18-12-5-4-10-17-14(12)20/h11-12H,4-10,16H2,1-3H3,(H,17,20)(H,18,19). The molecule has 116 valence electrons. The second kappa shape index (κ2) is 7.62. The highest BCUT2D eigenvalue weighted by molar-refractivity contribution is 5.88. The summed E-state index contributed by atoms with van der Waals surface area (Å²) in [4.78, 5) is 23.6. The van der Waals surface area contributed by atoms with Crippen LogP contribution in [0.25, 0.3) is 0 Å². The maximum Gasteiger partial charge on any atom is 0.242 e. The zero-order chi connectivity index (χ0) is 15.2. The molecular formula is C15H29N3O2. The van der Waals surface area contributed by atoms with Crippen LogP contribution in [-0.4, -0.2) is 30.9 Å². The summed E-state index contributed by atoms with van der Waals surface area (Å²) in [7, 11) is 0. The first-order valence-electron chi connectivity index (χ1n) is 7.61. The van der Waals surface area contributed by atoms with E-state index in [-0.39, 0.29) is 23.3 Å². The summed E-state index contributed by atoms with van der Waals surface area (Å²) in [6, 6.07) is -0.348. The summed E-state index contributed by atoms with van der Waals surface area (Å²) in [5, 5.41) is 5.61. The van der Waals surface area contributed by atoms with E-state index in [0.29, 0.717) is 25.4 Å². The fraction of sp³-hybridized carbons (Fsp3) is 0.867. The number of nitrogens with two attached hydrogens (primary N) is 1. The number of hydrogen-bond acceptors (Lipinski definition) is 3. The van der Waals surface area contributed by atoms with Crippen molar-refractivity contribution in [2.75, 3.05) is 13.1 Å². The smallest absolute Gasteiger partial charge is 0.242 e. The summed E-state index contributed by atoms with van der Waals surface area (Å²) in [5.41, 5.74) is 5.80. The van der Waals surface area contributed by atoms with Gasteiger partial charge in [-0.15, -0.1) is 0 Å². The summed E-state index contributed by atoms with van der Waals surface area (Å²) in [6.45, 7) is 7.90. The molecule has 20 heavy (non-hydrogen) atoms. The van der Waals surface area contributed by atoms with Crippen molar-refractivity contribution in [3.63, 3.8) is 0 Å². The highest BCUT2D eigenvalue weighted by Gasteiger charge is 2.26. The van der Waals surface area contributed by atoms with Crippen molar-refractivity contribution in [3.05, 3.63) is 0 Å². The summed E-state index contributed by atoms with van der Waals surface area (Å²) >= 11 is 0. The molecule has 0 spiro atoms. The largest absolute Gasteiger partial charge is 0.354 e. The van der Waals surface area contributed by atoms with E-state index in [4.69, 9.17) is 5.73 Å². The van der Waals surface area contributed by atoms with Gasteiger partial charge in [0.15, 0.2) is 0 Å². The van der Waals surface area contributed by atoms with Crippen molar-refractivity contribution in [1.29, 1.82) is 0 Å². The molecule has 0 saturated carbocycles. The zero-order valence-corrected chi connectivity index (χ0v) is 13.0. The van der Waals surface area contributed by atoms with Crippen LogP contribution in [0, 0.1) is 11.3 Å². The van der Waals surface area contributed by atoms with E-state index in [9.17, 15) is 9.59 Å². The lowest BCUT2D eigenvalue weighted by Crippen LogP contribution is -2.50. The highest BCUT2D eigenvalue weighted by Crippen LogP contribution is 2.32. The van der Waals surface area contributed by atoms with Crippen LogP contribution < -0.4 is 16.4 Å². The van der Waals surface area contributed by atoms with E-state index in [1.165, 1.54) is 0 Å². The molecule has 2 atom stereocenters. The molecule has 1 aliphatic heterocycles. The molecular weight excluding hydrogens is 254 g/mol. The Hall–Kier alpha value is -1.10. The zero-order valence-electron chi connectivity index (χ0n) is 13.0. The third-order valence-corrected chi connectivity index (χ3v) is 4.08. The van der Waals surface area contributed by atoms with Crippen LogP contribution in [0.5, 0.6) is 0 Å². The van der Waals surface area contributed by atoms with Gasteiger partial charge in [0, 0.05) is 13.0 Å². The number of carbonyl (C=O) groups excluding carboxylic acids is 2. The Labute approximate surface area is 122 Å². The van der Waals surface area contributed by atoms with Crippen LogP contribution in [-0.2, 0) is 9.59 Å². The van der Waals surface area contributed by atoms with Crippen molar-refractivity contribution in [2.45, 2.75) is 58.9 Å². The molecule has 1 heterocycles. The Morgan fingerprint density at radius 3 is 2.70 bits per heavy atom. The molecule has 0 aromatic rings. The third-order valence-electron chi connectivity index (χ3n) is 4.08. The SMILES string of the molecule is CC(C)(C)C(CCN)CCC(=O)NC1CCCNC1=O. The van der Waals surface area contributed by atoms with Crippen LogP contribution >= 0.6 is 0 Å². The molecule has 2 amide bonds. The van der Waals surface area contributed by atoms with Gasteiger partial charge in [-0.25, -0.2) is 0 Å². The molecule has 0 radical (unpaired) electrons. The molecule has 2 unspecified atom stereocenters. The number of rotatable bonds is 6. The number of carbonyl (C=O) groups is 2. The monoisotopic (exact) mass is 283 g/mol. The number of nitrogens with one attached hydrogen (secondary N) is 2. The minimum atomic E-state index is -0.348. The first-order chi connectivity index (χ1) is 9.34. The van der Waals surface area contributed by atoms with Gasteiger partial charge in [0.25, 0.3) is 0 Å². The molecule has 1 saturated heterocycles. The molecule has 0 aromatic heterocycles. The number of piperidine rings is 1. The quantitative estimate of drug-likeness (QED) is 0.684. The highest BCUT2D eigenvalue weighted by atomic mass is 16.2. The minimum Gasteiger partial charge on any atom is -0.354 e. The predicted molar refractivity (Wildman–Crippen MR) is 80.0 cm³/mol. The second-order valence-corrected chi connectivity index (χ2v) is 6.73. The van der Waals surface area contributed by atoms with Gasteiger partial charge in [0.1, 0.15) is 6.04 Å². The number of amides is 2. The van der Waals surface area contributed by atoms with Crippen LogP contribution in [0.1, 0.15) is 52.9 Å². The van der Waals surface area contributed by atoms with Gasteiger partial charge in [0.2, 0.25) is 11.8 Å². The van der Waals surface area contributed by atoms with Gasteiger partial charge < -0.3 is 16.4 Å². The van der Waals surface area contributed by atoms with Gasteiger partial charge in [-0.2, -0.15) is 0 Å². The summed E-state index contributed by atoms with van der Waals surface area (Å²) in [6.07, 6.45) is 3.88. The molecule has 0 aliphatic carbocycles. The van der Waals surface area contributed by atoms with Crippen molar-refractivity contribution >= 4 is 11.8 Å². The second-order valence-electron chi connectivity index (χ2n) is 6.73. The van der Waals surface area contributed by atoms with Crippen LogP contribution in [0.2, 0.25) is 0 Å². The van der Waals surface area contributed by atoms with Crippen molar-refractivity contribution in [3.8, 4) is 0 Å². The van der Waals surface area contributed by atoms with E-state index < -0.39 is 0 Å². The van der Waals surface area contributed by atoms with Gasteiger partial charge in [-0.1, -0.05) is 20.8 Å². The maximum absolute atomic E-state index is 12.0. The first-order valence-corrected chi connectivity index (χ1v) is 7.61. The normalized spacial score (nSPS) is 21.2. The molecule has 5 heteroatoms. The van der Waals surface area contributed by atoms with E-state index >= 15 is 0 Å². The summed E-state index contributed by atoms with van der Waals surface area (Å²) in [5.74, 6) is 0.343. The Morgan fingerprint density at radius 2 is 2.15 bits per heavy atom. The molecule has 5 nitrogen and oxygen atoms in total. The van der Waals surface area contributed by atoms with Crippen LogP contribution in [0.4, 0.5) is 0 Å². The Balaban J connectivity index is 2.39. The molecule has 1 rings (SSSR count). The van der Waals surface area contributed by atoms with Gasteiger partial charge in [-0.05, 0) is 43.6 Å². The molecule has 0 aromatic carbocycles. The van der Waals surface area contributed by atoms with Gasteiger partial charge in [-0.3, -0.25) is 9.59 Å². The topological polar surface area (TPSA) is 84.2 Å².